The van der Waals surface area contributed by atoms with Crippen LogP contribution >= 0.6 is 11.8 Å². The Morgan fingerprint density at radius 2 is 1.90 bits per heavy atom. The first-order valence-corrected chi connectivity index (χ1v) is 9.27. The Bertz CT molecular complexity index is 1100. The number of carbonyl (C=O) groups excluding carboxylic acids is 1. The van der Waals surface area contributed by atoms with Crippen LogP contribution in [-0.2, 0) is 12.6 Å². The van der Waals surface area contributed by atoms with Crippen LogP contribution < -0.4 is 5.32 Å². The van der Waals surface area contributed by atoms with Gasteiger partial charge in [-0.2, -0.15) is 13.2 Å². The molecule has 4 rings (SSSR count). The smallest absolute Gasteiger partial charge is 0.352 e. The molecule has 1 amide bonds. The minimum Gasteiger partial charge on any atom is -0.352 e. The zero-order chi connectivity index (χ0) is 20.6. The van der Waals surface area contributed by atoms with Crippen LogP contribution in [0.1, 0.15) is 21.5 Å². The highest BCUT2D eigenvalue weighted by Crippen LogP contribution is 2.35. The Balaban J connectivity index is 1.69. The van der Waals surface area contributed by atoms with Gasteiger partial charge in [0.2, 0.25) is 0 Å². The van der Waals surface area contributed by atoms with E-state index in [0.717, 1.165) is 29.5 Å². The molecule has 0 spiro atoms. The molecular weight excluding hydrogens is 408 g/mol. The van der Waals surface area contributed by atoms with Crippen molar-refractivity contribution in [3.05, 3.63) is 65.4 Å². The van der Waals surface area contributed by atoms with Crippen molar-refractivity contribution in [2.45, 2.75) is 22.5 Å². The second kappa shape index (κ2) is 7.43. The summed E-state index contributed by atoms with van der Waals surface area (Å²) < 4.78 is 52.4. The number of fused-ring (bicyclic) bond motifs is 1. The lowest BCUT2D eigenvalue weighted by Crippen LogP contribution is -2.32. The Morgan fingerprint density at radius 3 is 2.69 bits per heavy atom. The second-order valence-electron chi connectivity index (χ2n) is 6.21. The number of alkyl halides is 3. The van der Waals surface area contributed by atoms with Crippen molar-refractivity contribution in [1.82, 2.24) is 20.3 Å². The summed E-state index contributed by atoms with van der Waals surface area (Å²) in [5.41, 5.74) is 1.13. The molecule has 0 saturated heterocycles. The van der Waals surface area contributed by atoms with E-state index in [1.54, 1.807) is 12.1 Å². The van der Waals surface area contributed by atoms with Crippen molar-refractivity contribution >= 4 is 17.7 Å². The lowest BCUT2D eigenvalue weighted by atomic mass is 9.98. The molecule has 3 heterocycles. The predicted octanol–water partition coefficient (Wildman–Crippen LogP) is 4.13. The standard InChI is InChI=1S/C19H12F4N4OS/c20-11-5-10(19(21,22)23)6-12(7-11)29-16-8-15(26-9-27-16)17-13-1-4-25-18(28)14(13)2-3-24-17/h2-3,5-9H,1,4H2,(H,25,28). The van der Waals surface area contributed by atoms with Gasteiger partial charge >= 0.3 is 6.18 Å². The first-order valence-electron chi connectivity index (χ1n) is 8.45. The molecule has 29 heavy (non-hydrogen) atoms. The largest absolute Gasteiger partial charge is 0.416 e. The number of aromatic nitrogens is 3. The number of nitrogens with one attached hydrogen (secondary N) is 1. The molecule has 148 valence electrons. The third-order valence-electron chi connectivity index (χ3n) is 4.27. The highest BCUT2D eigenvalue weighted by Gasteiger charge is 2.31. The molecule has 1 aliphatic heterocycles. The Labute approximate surface area is 166 Å². The minimum atomic E-state index is -4.65. The zero-order valence-electron chi connectivity index (χ0n) is 14.6. The first-order chi connectivity index (χ1) is 13.8. The Kier molecular flexibility index (Phi) is 4.95. The van der Waals surface area contributed by atoms with Gasteiger partial charge in [0.25, 0.3) is 5.91 Å². The van der Waals surface area contributed by atoms with E-state index in [9.17, 15) is 22.4 Å². The van der Waals surface area contributed by atoms with Crippen LogP contribution in [0.5, 0.6) is 0 Å². The van der Waals surface area contributed by atoms with E-state index in [4.69, 9.17) is 0 Å². The molecule has 1 aromatic carbocycles. The number of amides is 1. The van der Waals surface area contributed by atoms with Crippen LogP contribution in [0.3, 0.4) is 0 Å². The molecule has 0 saturated carbocycles. The third-order valence-corrected chi connectivity index (χ3v) is 5.17. The summed E-state index contributed by atoms with van der Waals surface area (Å²) >= 11 is 0.881. The van der Waals surface area contributed by atoms with E-state index < -0.39 is 17.6 Å². The van der Waals surface area contributed by atoms with E-state index in [0.29, 0.717) is 41.0 Å². The van der Waals surface area contributed by atoms with Crippen LogP contribution in [0.4, 0.5) is 17.6 Å². The SMILES string of the molecule is O=C1NCCc2c1ccnc2-c1cc(Sc2cc(F)cc(C(F)(F)F)c2)ncn1. The van der Waals surface area contributed by atoms with Gasteiger partial charge in [-0.3, -0.25) is 9.78 Å². The maximum atomic E-state index is 13.6. The molecule has 0 radical (unpaired) electrons. The van der Waals surface area contributed by atoms with Crippen LogP contribution in [0.15, 0.2) is 52.8 Å². The molecule has 1 aliphatic rings. The van der Waals surface area contributed by atoms with Gasteiger partial charge in [-0.15, -0.1) is 0 Å². The molecule has 2 aromatic heterocycles. The summed E-state index contributed by atoms with van der Waals surface area (Å²) in [6.45, 7) is 0.473. The molecule has 0 atom stereocenters. The monoisotopic (exact) mass is 420 g/mol. The molecular formula is C19H12F4N4OS. The Hall–Kier alpha value is -3.01. The average molecular weight is 420 g/mol. The fourth-order valence-corrected chi connectivity index (χ4v) is 3.88. The van der Waals surface area contributed by atoms with Gasteiger partial charge in [-0.05, 0) is 42.3 Å². The van der Waals surface area contributed by atoms with Gasteiger partial charge in [0.1, 0.15) is 17.2 Å². The molecule has 10 heteroatoms. The predicted molar refractivity (Wildman–Crippen MR) is 96.8 cm³/mol. The molecule has 0 fully saturated rings. The zero-order valence-corrected chi connectivity index (χ0v) is 15.4. The Morgan fingerprint density at radius 1 is 1.07 bits per heavy atom. The van der Waals surface area contributed by atoms with Crippen molar-refractivity contribution in [2.75, 3.05) is 6.54 Å². The van der Waals surface area contributed by atoms with Gasteiger partial charge in [-0.25, -0.2) is 14.4 Å². The van der Waals surface area contributed by atoms with Gasteiger partial charge < -0.3 is 5.32 Å². The van der Waals surface area contributed by atoms with Crippen LogP contribution in [-0.4, -0.2) is 27.4 Å². The van der Waals surface area contributed by atoms with Gasteiger partial charge in [0.05, 0.1) is 17.0 Å². The van der Waals surface area contributed by atoms with Crippen LogP contribution in [0.2, 0.25) is 0 Å². The topological polar surface area (TPSA) is 67.8 Å². The summed E-state index contributed by atoms with van der Waals surface area (Å²) in [5.74, 6) is -1.18. The van der Waals surface area contributed by atoms with Crippen LogP contribution in [0.25, 0.3) is 11.4 Å². The highest BCUT2D eigenvalue weighted by molar-refractivity contribution is 7.99. The minimum absolute atomic E-state index is 0.0596. The number of pyridine rings is 1. The average Bonchev–Trinajstić information content (AvgIpc) is 2.67. The van der Waals surface area contributed by atoms with E-state index in [1.807, 2.05) is 0 Å². The maximum Gasteiger partial charge on any atom is 0.416 e. The number of benzene rings is 1. The second-order valence-corrected chi connectivity index (χ2v) is 7.30. The number of carbonyl (C=O) groups is 1. The molecule has 0 unspecified atom stereocenters. The molecule has 5 nitrogen and oxygen atoms in total. The lowest BCUT2D eigenvalue weighted by molar-refractivity contribution is -0.137. The highest BCUT2D eigenvalue weighted by atomic mass is 32.2. The summed E-state index contributed by atoms with van der Waals surface area (Å²) in [5, 5.41) is 3.08. The number of nitrogens with zero attached hydrogens (tertiary/aromatic N) is 3. The van der Waals surface area contributed by atoms with E-state index in [1.165, 1.54) is 12.5 Å². The lowest BCUT2D eigenvalue weighted by Gasteiger charge is -2.18. The van der Waals surface area contributed by atoms with Gasteiger partial charge in [0.15, 0.2) is 0 Å². The summed E-state index contributed by atoms with van der Waals surface area (Å²) in [4.78, 5) is 24.6. The third kappa shape index (κ3) is 4.07. The molecule has 0 bridgehead atoms. The van der Waals surface area contributed by atoms with Crippen molar-refractivity contribution in [1.29, 1.82) is 0 Å². The van der Waals surface area contributed by atoms with Crippen molar-refractivity contribution in [3.8, 4) is 11.4 Å². The number of hydrogen-bond donors (Lipinski definition) is 1. The number of hydrogen-bond acceptors (Lipinski definition) is 5. The van der Waals surface area contributed by atoms with Crippen molar-refractivity contribution in [3.63, 3.8) is 0 Å². The van der Waals surface area contributed by atoms with E-state index in [-0.39, 0.29) is 10.8 Å². The van der Waals surface area contributed by atoms with Crippen molar-refractivity contribution < 1.29 is 22.4 Å². The quantitative estimate of drug-likeness (QED) is 0.510. The maximum absolute atomic E-state index is 13.6. The van der Waals surface area contributed by atoms with E-state index in [2.05, 4.69) is 20.3 Å². The normalized spacial score (nSPS) is 13.7. The van der Waals surface area contributed by atoms with Gasteiger partial charge in [-0.1, -0.05) is 11.8 Å². The fourth-order valence-electron chi connectivity index (χ4n) is 3.01. The number of halogens is 4. The van der Waals surface area contributed by atoms with Gasteiger partial charge in [0, 0.05) is 23.2 Å². The van der Waals surface area contributed by atoms with Crippen molar-refractivity contribution in [2.24, 2.45) is 0 Å². The van der Waals surface area contributed by atoms with E-state index >= 15 is 0 Å². The summed E-state index contributed by atoms with van der Waals surface area (Å²) in [6.07, 6.45) is -1.32. The van der Waals surface area contributed by atoms with Crippen LogP contribution in [0, 0.1) is 5.82 Å². The summed E-state index contributed by atoms with van der Waals surface area (Å²) in [7, 11) is 0. The molecule has 1 N–H and O–H groups in total. The molecule has 0 aliphatic carbocycles. The fraction of sp³-hybridized carbons (Fsp3) is 0.158. The number of rotatable bonds is 3. The summed E-state index contributed by atoms with van der Waals surface area (Å²) in [6, 6.07) is 5.49. The first kappa shape index (κ1) is 19.3. The molecule has 3 aromatic rings.